The maximum Gasteiger partial charge on any atom is 0.327 e. The van der Waals surface area contributed by atoms with Gasteiger partial charge in [-0.15, -0.1) is 11.8 Å². The van der Waals surface area contributed by atoms with E-state index in [0.29, 0.717) is 32.1 Å². The molecule has 7 heteroatoms. The lowest BCUT2D eigenvalue weighted by Crippen LogP contribution is -2.36. The van der Waals surface area contributed by atoms with Crippen LogP contribution in [0.15, 0.2) is 12.2 Å². The zero-order chi connectivity index (χ0) is 21.9. The lowest BCUT2D eigenvalue weighted by atomic mass is 9.99. The number of hydrogen-bond acceptors (Lipinski definition) is 3. The van der Waals surface area contributed by atoms with Gasteiger partial charge in [-0.3, -0.25) is 9.59 Å². The largest absolute Gasteiger partial charge is 0.481 e. The number of likely N-dealkylation sites (tertiary alicyclic amines) is 1. The fourth-order valence-corrected chi connectivity index (χ4v) is 3.17. The van der Waals surface area contributed by atoms with Crippen molar-refractivity contribution in [2.24, 2.45) is 5.92 Å². The van der Waals surface area contributed by atoms with Gasteiger partial charge in [0.05, 0.1) is 12.1 Å². The average Bonchev–Trinajstić information content (AvgIpc) is 2.88. The second kappa shape index (κ2) is 12.6. The van der Waals surface area contributed by atoms with Gasteiger partial charge >= 0.3 is 11.9 Å². The zero-order valence-corrected chi connectivity index (χ0v) is 17.4. The summed E-state index contributed by atoms with van der Waals surface area (Å²) in [6, 6.07) is -0.746. The SMILES string of the molecule is CCCC#CC[C@H](C)[C@H](O)C=C[C@H]1CC(F)(F)C(=O)N1CCCCCCC(=O)O. The summed E-state index contributed by atoms with van der Waals surface area (Å²) in [4.78, 5) is 23.7. The molecule has 1 fully saturated rings. The van der Waals surface area contributed by atoms with Crippen LogP contribution in [0.2, 0.25) is 0 Å². The molecule has 5 nitrogen and oxygen atoms in total. The van der Waals surface area contributed by atoms with Crippen molar-refractivity contribution < 1.29 is 28.6 Å². The Hall–Kier alpha value is -1.94. The minimum atomic E-state index is -3.39. The van der Waals surface area contributed by atoms with Gasteiger partial charge in [-0.2, -0.15) is 8.78 Å². The van der Waals surface area contributed by atoms with E-state index >= 15 is 0 Å². The summed E-state index contributed by atoms with van der Waals surface area (Å²) >= 11 is 0. The van der Waals surface area contributed by atoms with Crippen LogP contribution in [0.1, 0.15) is 71.6 Å². The first-order valence-corrected chi connectivity index (χ1v) is 10.4. The van der Waals surface area contributed by atoms with Gasteiger partial charge in [-0.25, -0.2) is 0 Å². The molecule has 0 aromatic rings. The lowest BCUT2D eigenvalue weighted by molar-refractivity contribution is -0.148. The van der Waals surface area contributed by atoms with E-state index < -0.39 is 36.4 Å². The number of alkyl halides is 2. The minimum Gasteiger partial charge on any atom is -0.481 e. The monoisotopic (exact) mass is 413 g/mol. The number of carboxylic acids is 1. The van der Waals surface area contributed by atoms with E-state index in [1.165, 1.54) is 17.1 Å². The third-order valence-electron chi connectivity index (χ3n) is 5.02. The first-order valence-electron chi connectivity index (χ1n) is 10.4. The molecule has 1 aliphatic rings. The number of aliphatic carboxylic acids is 1. The van der Waals surface area contributed by atoms with E-state index in [1.807, 2.05) is 13.8 Å². The number of carboxylic acid groups (broad SMARTS) is 1. The predicted molar refractivity (Wildman–Crippen MR) is 107 cm³/mol. The molecule has 0 aromatic heterocycles. The molecule has 0 aromatic carbocycles. The Kier molecular flexibility index (Phi) is 10.9. The Labute approximate surface area is 172 Å². The summed E-state index contributed by atoms with van der Waals surface area (Å²) in [5.74, 6) is 0.480. The van der Waals surface area contributed by atoms with Crippen LogP contribution < -0.4 is 0 Å². The molecule has 3 atom stereocenters. The van der Waals surface area contributed by atoms with Crippen LogP contribution in [0.3, 0.4) is 0 Å². The van der Waals surface area contributed by atoms with Crippen LogP contribution in [0.5, 0.6) is 0 Å². The van der Waals surface area contributed by atoms with Gasteiger partial charge in [0.25, 0.3) is 5.91 Å². The van der Waals surface area contributed by atoms with E-state index in [2.05, 4.69) is 11.8 Å². The normalized spacial score (nSPS) is 20.5. The molecule has 0 aliphatic carbocycles. The Balaban J connectivity index is 2.57. The minimum absolute atomic E-state index is 0.0883. The highest BCUT2D eigenvalue weighted by Gasteiger charge is 2.52. The second-order valence-corrected chi connectivity index (χ2v) is 7.69. The number of rotatable bonds is 12. The van der Waals surface area contributed by atoms with Gasteiger partial charge in [0.15, 0.2) is 0 Å². The van der Waals surface area contributed by atoms with E-state index in [-0.39, 0.29) is 18.9 Å². The number of hydrogen-bond donors (Lipinski definition) is 2. The Morgan fingerprint density at radius 2 is 2.00 bits per heavy atom. The molecule has 0 saturated carbocycles. The highest BCUT2D eigenvalue weighted by atomic mass is 19.3. The molecule has 164 valence electrons. The van der Waals surface area contributed by atoms with Crippen molar-refractivity contribution in [2.45, 2.75) is 89.7 Å². The number of amides is 1. The molecule has 2 N–H and O–H groups in total. The van der Waals surface area contributed by atoms with Gasteiger partial charge in [-0.05, 0) is 25.2 Å². The van der Waals surface area contributed by atoms with Gasteiger partial charge in [0.2, 0.25) is 0 Å². The number of aliphatic hydroxyl groups excluding tert-OH is 1. The van der Waals surface area contributed by atoms with Crippen LogP contribution in [0.4, 0.5) is 8.78 Å². The third-order valence-corrected chi connectivity index (χ3v) is 5.02. The van der Waals surface area contributed by atoms with Crippen LogP contribution in [-0.4, -0.2) is 51.6 Å². The Morgan fingerprint density at radius 3 is 2.66 bits per heavy atom. The molecule has 0 spiro atoms. The summed E-state index contributed by atoms with van der Waals surface area (Å²) in [5, 5.41) is 18.9. The van der Waals surface area contributed by atoms with E-state index in [4.69, 9.17) is 5.11 Å². The molecular weight excluding hydrogens is 380 g/mol. The molecule has 29 heavy (non-hydrogen) atoms. The maximum atomic E-state index is 13.9. The van der Waals surface area contributed by atoms with Gasteiger partial charge in [0.1, 0.15) is 0 Å². The van der Waals surface area contributed by atoms with Crippen molar-refractivity contribution in [3.05, 3.63) is 12.2 Å². The quantitative estimate of drug-likeness (QED) is 0.288. The highest BCUT2D eigenvalue weighted by molar-refractivity contribution is 5.86. The van der Waals surface area contributed by atoms with Gasteiger partial charge in [0, 0.05) is 32.2 Å². The number of aliphatic hydroxyl groups is 1. The summed E-state index contributed by atoms with van der Waals surface area (Å²) < 4.78 is 27.8. The van der Waals surface area contributed by atoms with Crippen LogP contribution in [-0.2, 0) is 9.59 Å². The fraction of sp³-hybridized carbons (Fsp3) is 0.727. The van der Waals surface area contributed by atoms with E-state index in [0.717, 1.165) is 12.8 Å². The van der Waals surface area contributed by atoms with Crippen LogP contribution in [0.25, 0.3) is 0 Å². The topological polar surface area (TPSA) is 77.8 Å². The smallest absolute Gasteiger partial charge is 0.327 e. The Morgan fingerprint density at radius 1 is 1.31 bits per heavy atom. The molecule has 0 unspecified atom stereocenters. The van der Waals surface area contributed by atoms with Crippen LogP contribution in [0, 0.1) is 17.8 Å². The third kappa shape index (κ3) is 8.95. The maximum absolute atomic E-state index is 13.9. The highest BCUT2D eigenvalue weighted by Crippen LogP contribution is 2.34. The van der Waals surface area contributed by atoms with Crippen molar-refractivity contribution >= 4 is 11.9 Å². The second-order valence-electron chi connectivity index (χ2n) is 7.69. The van der Waals surface area contributed by atoms with Crippen molar-refractivity contribution in [1.82, 2.24) is 4.90 Å². The summed E-state index contributed by atoms with van der Waals surface area (Å²) in [5.41, 5.74) is 0. The molecular formula is C22H33F2NO4. The molecule has 0 bridgehead atoms. The number of carbonyl (C=O) groups is 2. The van der Waals surface area contributed by atoms with Crippen LogP contribution >= 0.6 is 0 Å². The number of carbonyl (C=O) groups excluding carboxylic acids is 1. The first-order chi connectivity index (χ1) is 13.7. The molecule has 1 heterocycles. The molecule has 1 amide bonds. The number of unbranched alkanes of at least 4 members (excludes halogenated alkanes) is 4. The van der Waals surface area contributed by atoms with Crippen molar-refractivity contribution in [3.8, 4) is 11.8 Å². The number of nitrogens with zero attached hydrogens (tertiary/aromatic N) is 1. The summed E-state index contributed by atoms with van der Waals surface area (Å²) in [6.07, 6.45) is 6.42. The van der Waals surface area contributed by atoms with Crippen molar-refractivity contribution in [3.63, 3.8) is 0 Å². The molecule has 1 aliphatic heterocycles. The van der Waals surface area contributed by atoms with Gasteiger partial charge in [-0.1, -0.05) is 38.8 Å². The lowest BCUT2D eigenvalue weighted by Gasteiger charge is -2.22. The van der Waals surface area contributed by atoms with Crippen molar-refractivity contribution in [1.29, 1.82) is 0 Å². The van der Waals surface area contributed by atoms with Crippen molar-refractivity contribution in [2.75, 3.05) is 6.54 Å². The standard InChI is InChI=1S/C22H33F2NO4/c1-3-4-5-8-11-17(2)19(26)14-13-18-16-22(23,24)21(29)25(18)15-10-7-6-9-12-20(27)28/h13-14,17-19,26H,3-4,6-7,9-12,15-16H2,1-2H3,(H,27,28)/t17-,18-,19+/m0/s1. The fourth-order valence-electron chi connectivity index (χ4n) is 3.17. The molecule has 1 saturated heterocycles. The molecule has 1 rings (SSSR count). The zero-order valence-electron chi connectivity index (χ0n) is 17.4. The van der Waals surface area contributed by atoms with Gasteiger partial charge < -0.3 is 15.1 Å². The van der Waals surface area contributed by atoms with E-state index in [9.17, 15) is 23.5 Å². The summed E-state index contributed by atoms with van der Waals surface area (Å²) in [6.45, 7) is 4.08. The predicted octanol–water partition coefficient (Wildman–Crippen LogP) is 4.00. The number of halogens is 2. The first kappa shape index (κ1) is 25.1. The van der Waals surface area contributed by atoms with E-state index in [1.54, 1.807) is 0 Å². The Bertz CT molecular complexity index is 624. The summed E-state index contributed by atoms with van der Waals surface area (Å²) in [7, 11) is 0. The molecule has 0 radical (unpaired) electrons. The average molecular weight is 414 g/mol.